The smallest absolute Gasteiger partial charge is 0.223 e. The Labute approximate surface area is 226 Å². The third kappa shape index (κ3) is 19.8. The molecule has 0 aromatic heterocycles. The number of unbranched alkanes of at least 4 members (excludes halogenated alkanes) is 13. The zero-order valence-electron chi connectivity index (χ0n) is 23.4. The number of carbonyl (C=O) groups excluding carboxylic acids is 1. The van der Waals surface area contributed by atoms with E-state index in [1.165, 1.54) is 108 Å². The first-order chi connectivity index (χ1) is 17.7. The van der Waals surface area contributed by atoms with Crippen LogP contribution in [0, 0.1) is 0 Å². The van der Waals surface area contributed by atoms with Gasteiger partial charge in [-0.3, -0.25) is 4.79 Å². The van der Waals surface area contributed by atoms with Gasteiger partial charge in [0.1, 0.15) is 11.5 Å². The van der Waals surface area contributed by atoms with Crippen LogP contribution in [0.4, 0.5) is 0 Å². The molecule has 0 bridgehead atoms. The first-order valence-electron chi connectivity index (χ1n) is 15.0. The molecule has 4 nitrogen and oxygen atoms in total. The van der Waals surface area contributed by atoms with Gasteiger partial charge in [0.25, 0.3) is 0 Å². The molecule has 1 amide bonds. The molecular weight excluding hydrogens is 466 g/mol. The number of thioether (sulfide) groups is 1. The maximum atomic E-state index is 11.9. The standard InChI is InChI=1S/C31H55NO3S/c1-3-5-6-7-10-13-16-19-30(4-2)36-27-18-15-12-9-8-11-14-17-25-32-31(34)24-26-35-29-22-20-28(33)21-23-29/h20-23,30,33H,3-19,24-27H2,1-2H3,(H,32,34). The molecule has 36 heavy (non-hydrogen) atoms. The lowest BCUT2D eigenvalue weighted by Crippen LogP contribution is -2.25. The summed E-state index contributed by atoms with van der Waals surface area (Å²) in [5.74, 6) is 2.26. The van der Waals surface area contributed by atoms with Crippen LogP contribution < -0.4 is 10.1 Å². The molecule has 0 fully saturated rings. The molecule has 1 aromatic carbocycles. The van der Waals surface area contributed by atoms with E-state index in [0.29, 0.717) is 18.8 Å². The molecule has 0 heterocycles. The van der Waals surface area contributed by atoms with E-state index in [0.717, 1.165) is 18.2 Å². The molecule has 0 saturated carbocycles. The van der Waals surface area contributed by atoms with Crippen molar-refractivity contribution < 1.29 is 14.6 Å². The largest absolute Gasteiger partial charge is 0.508 e. The van der Waals surface area contributed by atoms with Crippen LogP contribution in [0.25, 0.3) is 0 Å². The van der Waals surface area contributed by atoms with E-state index in [4.69, 9.17) is 4.74 Å². The number of aromatic hydroxyl groups is 1. The van der Waals surface area contributed by atoms with E-state index in [2.05, 4.69) is 30.9 Å². The van der Waals surface area contributed by atoms with Gasteiger partial charge in [0, 0.05) is 11.8 Å². The topological polar surface area (TPSA) is 58.6 Å². The molecule has 0 aliphatic carbocycles. The SMILES string of the molecule is CCCCCCCCCC(CC)SCCCCCCCCCCNC(=O)CCOc1ccc(O)cc1. The molecular formula is C31H55NO3S. The summed E-state index contributed by atoms with van der Waals surface area (Å²) in [4.78, 5) is 11.9. The number of hydrogen-bond donors (Lipinski definition) is 2. The zero-order chi connectivity index (χ0) is 26.1. The molecule has 0 spiro atoms. The number of phenolic OH excluding ortho intramolecular Hbond substituents is 1. The van der Waals surface area contributed by atoms with Gasteiger partial charge in [-0.05, 0) is 55.7 Å². The van der Waals surface area contributed by atoms with Crippen LogP contribution in [-0.4, -0.2) is 35.2 Å². The Balaban J connectivity index is 1.82. The van der Waals surface area contributed by atoms with E-state index in [9.17, 15) is 9.90 Å². The number of phenols is 1. The van der Waals surface area contributed by atoms with Crippen molar-refractivity contribution in [2.24, 2.45) is 0 Å². The number of hydrogen-bond acceptors (Lipinski definition) is 4. The Morgan fingerprint density at radius 3 is 2.06 bits per heavy atom. The van der Waals surface area contributed by atoms with Crippen LogP contribution in [0.1, 0.15) is 129 Å². The monoisotopic (exact) mass is 521 g/mol. The number of amides is 1. The number of nitrogens with one attached hydrogen (secondary N) is 1. The molecule has 1 aromatic rings. The Hall–Kier alpha value is -1.36. The van der Waals surface area contributed by atoms with Crippen molar-refractivity contribution in [3.05, 3.63) is 24.3 Å². The molecule has 0 saturated heterocycles. The molecule has 0 aliphatic heterocycles. The number of carbonyl (C=O) groups is 1. The molecule has 1 rings (SSSR count). The van der Waals surface area contributed by atoms with Crippen LogP contribution in [0.2, 0.25) is 0 Å². The van der Waals surface area contributed by atoms with Crippen molar-refractivity contribution in [3.8, 4) is 11.5 Å². The minimum Gasteiger partial charge on any atom is -0.508 e. The average molecular weight is 522 g/mol. The predicted octanol–water partition coefficient (Wildman–Crippen LogP) is 9.05. The second-order valence-corrected chi connectivity index (χ2v) is 11.5. The Morgan fingerprint density at radius 2 is 1.42 bits per heavy atom. The summed E-state index contributed by atoms with van der Waals surface area (Å²) in [6.07, 6.45) is 23.3. The summed E-state index contributed by atoms with van der Waals surface area (Å²) in [6.45, 7) is 5.76. The fourth-order valence-electron chi connectivity index (χ4n) is 4.39. The number of ether oxygens (including phenoxy) is 1. The minimum atomic E-state index is 0.0411. The Bertz CT molecular complexity index is 623. The van der Waals surface area contributed by atoms with Gasteiger partial charge in [0.2, 0.25) is 5.91 Å². The van der Waals surface area contributed by atoms with Gasteiger partial charge < -0.3 is 15.2 Å². The lowest BCUT2D eigenvalue weighted by Gasteiger charge is -2.14. The van der Waals surface area contributed by atoms with E-state index >= 15 is 0 Å². The Kier molecular flexibility index (Phi) is 21.8. The highest BCUT2D eigenvalue weighted by Gasteiger charge is 2.06. The summed E-state index contributed by atoms with van der Waals surface area (Å²) in [6, 6.07) is 6.56. The summed E-state index contributed by atoms with van der Waals surface area (Å²) in [5.41, 5.74) is 0. The highest BCUT2D eigenvalue weighted by molar-refractivity contribution is 7.99. The van der Waals surface area contributed by atoms with Gasteiger partial charge in [-0.1, -0.05) is 97.3 Å². The minimum absolute atomic E-state index is 0.0411. The van der Waals surface area contributed by atoms with E-state index in [1.807, 2.05) is 0 Å². The second-order valence-electron chi connectivity index (χ2n) is 10.1. The lowest BCUT2D eigenvalue weighted by molar-refractivity contribution is -0.121. The van der Waals surface area contributed by atoms with Crippen molar-refractivity contribution in [1.82, 2.24) is 5.32 Å². The maximum Gasteiger partial charge on any atom is 0.223 e. The van der Waals surface area contributed by atoms with Crippen molar-refractivity contribution in [2.75, 3.05) is 18.9 Å². The van der Waals surface area contributed by atoms with Crippen molar-refractivity contribution in [1.29, 1.82) is 0 Å². The first-order valence-corrected chi connectivity index (χ1v) is 16.0. The second kappa shape index (κ2) is 24.0. The van der Waals surface area contributed by atoms with Gasteiger partial charge in [-0.15, -0.1) is 0 Å². The molecule has 1 unspecified atom stereocenters. The Morgan fingerprint density at radius 1 is 0.833 bits per heavy atom. The van der Waals surface area contributed by atoms with Crippen LogP contribution in [0.15, 0.2) is 24.3 Å². The van der Waals surface area contributed by atoms with Crippen LogP contribution >= 0.6 is 11.8 Å². The van der Waals surface area contributed by atoms with Crippen LogP contribution in [0.3, 0.4) is 0 Å². The third-order valence-electron chi connectivity index (χ3n) is 6.77. The fourth-order valence-corrected chi connectivity index (χ4v) is 5.67. The third-order valence-corrected chi connectivity index (χ3v) is 8.33. The molecule has 208 valence electrons. The van der Waals surface area contributed by atoms with Gasteiger partial charge >= 0.3 is 0 Å². The predicted molar refractivity (Wildman–Crippen MR) is 157 cm³/mol. The van der Waals surface area contributed by atoms with Crippen molar-refractivity contribution in [2.45, 2.75) is 135 Å². The van der Waals surface area contributed by atoms with E-state index in [1.54, 1.807) is 24.3 Å². The van der Waals surface area contributed by atoms with Crippen LogP contribution in [0.5, 0.6) is 11.5 Å². The zero-order valence-corrected chi connectivity index (χ0v) is 24.2. The van der Waals surface area contributed by atoms with Crippen molar-refractivity contribution in [3.63, 3.8) is 0 Å². The maximum absolute atomic E-state index is 11.9. The quantitative estimate of drug-likeness (QED) is 0.126. The average Bonchev–Trinajstić information content (AvgIpc) is 2.88. The van der Waals surface area contributed by atoms with Gasteiger partial charge in [-0.25, -0.2) is 0 Å². The van der Waals surface area contributed by atoms with E-state index in [-0.39, 0.29) is 11.7 Å². The summed E-state index contributed by atoms with van der Waals surface area (Å²) in [7, 11) is 0. The summed E-state index contributed by atoms with van der Waals surface area (Å²) >= 11 is 2.23. The molecule has 2 N–H and O–H groups in total. The van der Waals surface area contributed by atoms with E-state index < -0.39 is 0 Å². The van der Waals surface area contributed by atoms with Gasteiger partial charge in [0.05, 0.1) is 13.0 Å². The number of rotatable bonds is 25. The van der Waals surface area contributed by atoms with Crippen LogP contribution in [-0.2, 0) is 4.79 Å². The molecule has 0 aliphatic rings. The molecule has 5 heteroatoms. The summed E-state index contributed by atoms with van der Waals surface area (Å²) in [5, 5.41) is 13.1. The lowest BCUT2D eigenvalue weighted by atomic mass is 10.1. The van der Waals surface area contributed by atoms with Crippen molar-refractivity contribution >= 4 is 17.7 Å². The highest BCUT2D eigenvalue weighted by Crippen LogP contribution is 2.23. The number of benzene rings is 1. The molecule has 0 radical (unpaired) electrons. The summed E-state index contributed by atoms with van der Waals surface area (Å²) < 4.78 is 5.52. The normalized spacial score (nSPS) is 11.9. The first kappa shape index (κ1) is 32.7. The highest BCUT2D eigenvalue weighted by atomic mass is 32.2. The fraction of sp³-hybridized carbons (Fsp3) is 0.774. The van der Waals surface area contributed by atoms with Gasteiger partial charge in [0.15, 0.2) is 0 Å². The molecule has 1 atom stereocenters. The van der Waals surface area contributed by atoms with Gasteiger partial charge in [-0.2, -0.15) is 11.8 Å².